The van der Waals surface area contributed by atoms with E-state index in [2.05, 4.69) is 16.9 Å². The Morgan fingerprint density at radius 1 is 1.31 bits per heavy atom. The van der Waals surface area contributed by atoms with Gasteiger partial charge in [-0.25, -0.2) is 0 Å². The lowest BCUT2D eigenvalue weighted by molar-refractivity contribution is -0.121. The third-order valence-corrected chi connectivity index (χ3v) is 4.63. The van der Waals surface area contributed by atoms with Crippen LogP contribution in [0.15, 0.2) is 0 Å². The number of rotatable bonds is 6. The standard InChI is InChI=1S/C12H22N2OS/c1-16-11-4-2-3-10(11)13-8-7-12(15)14-9-5-6-9/h9-11,13H,2-8H2,1H3,(H,14,15). The Hall–Kier alpha value is -0.220. The van der Waals surface area contributed by atoms with E-state index in [0.717, 1.165) is 11.8 Å². The Balaban J connectivity index is 1.57. The summed E-state index contributed by atoms with van der Waals surface area (Å²) in [6.45, 7) is 0.834. The predicted octanol–water partition coefficient (Wildman–Crippen LogP) is 1.53. The van der Waals surface area contributed by atoms with Crippen LogP contribution in [0.25, 0.3) is 0 Å². The lowest BCUT2D eigenvalue weighted by Gasteiger charge is -2.18. The number of carbonyl (C=O) groups is 1. The monoisotopic (exact) mass is 242 g/mol. The predicted molar refractivity (Wildman–Crippen MR) is 68.7 cm³/mol. The van der Waals surface area contributed by atoms with Crippen molar-refractivity contribution in [2.24, 2.45) is 0 Å². The Labute approximate surface area is 102 Å². The zero-order valence-electron chi connectivity index (χ0n) is 10.00. The molecule has 0 heterocycles. The van der Waals surface area contributed by atoms with E-state index >= 15 is 0 Å². The molecule has 0 aromatic carbocycles. The van der Waals surface area contributed by atoms with Crippen molar-refractivity contribution in [1.29, 1.82) is 0 Å². The molecule has 2 fully saturated rings. The minimum atomic E-state index is 0.216. The van der Waals surface area contributed by atoms with Crippen LogP contribution in [0.4, 0.5) is 0 Å². The molecule has 0 aromatic heterocycles. The molecule has 16 heavy (non-hydrogen) atoms. The van der Waals surface area contributed by atoms with E-state index in [-0.39, 0.29) is 5.91 Å². The summed E-state index contributed by atoms with van der Waals surface area (Å²) >= 11 is 1.96. The summed E-state index contributed by atoms with van der Waals surface area (Å²) in [4.78, 5) is 11.5. The van der Waals surface area contributed by atoms with Gasteiger partial charge in [-0.05, 0) is 31.9 Å². The quantitative estimate of drug-likeness (QED) is 0.742. The molecule has 0 bridgehead atoms. The first kappa shape index (κ1) is 12.2. The Bertz CT molecular complexity index is 243. The third-order valence-electron chi connectivity index (χ3n) is 3.46. The third kappa shape index (κ3) is 3.67. The molecular formula is C12H22N2OS. The maximum Gasteiger partial charge on any atom is 0.221 e. The van der Waals surface area contributed by atoms with E-state index in [4.69, 9.17) is 0 Å². The molecule has 0 aromatic rings. The van der Waals surface area contributed by atoms with Gasteiger partial charge in [0.15, 0.2) is 0 Å². The molecule has 2 atom stereocenters. The number of thioether (sulfide) groups is 1. The van der Waals surface area contributed by atoms with E-state index in [9.17, 15) is 4.79 Å². The van der Waals surface area contributed by atoms with Gasteiger partial charge in [0.1, 0.15) is 0 Å². The van der Waals surface area contributed by atoms with Gasteiger partial charge in [0.25, 0.3) is 0 Å². The van der Waals surface area contributed by atoms with Crippen molar-refractivity contribution >= 4 is 17.7 Å². The van der Waals surface area contributed by atoms with Gasteiger partial charge in [0.2, 0.25) is 5.91 Å². The largest absolute Gasteiger partial charge is 0.353 e. The molecule has 0 aliphatic heterocycles. The normalized spacial score (nSPS) is 29.3. The van der Waals surface area contributed by atoms with Gasteiger partial charge in [-0.2, -0.15) is 11.8 Å². The molecule has 3 nitrogen and oxygen atoms in total. The minimum absolute atomic E-state index is 0.216. The highest BCUT2D eigenvalue weighted by Gasteiger charge is 2.26. The molecule has 2 unspecified atom stereocenters. The number of hydrogen-bond donors (Lipinski definition) is 2. The van der Waals surface area contributed by atoms with Crippen LogP contribution in [0.3, 0.4) is 0 Å². The van der Waals surface area contributed by atoms with Crippen LogP contribution in [-0.4, -0.2) is 36.0 Å². The van der Waals surface area contributed by atoms with E-state index in [1.165, 1.54) is 32.1 Å². The van der Waals surface area contributed by atoms with Gasteiger partial charge in [-0.1, -0.05) is 6.42 Å². The van der Waals surface area contributed by atoms with Crippen molar-refractivity contribution in [2.75, 3.05) is 12.8 Å². The number of nitrogens with one attached hydrogen (secondary N) is 2. The van der Waals surface area contributed by atoms with Crippen LogP contribution in [0, 0.1) is 0 Å². The molecule has 0 saturated heterocycles. The lowest BCUT2D eigenvalue weighted by Crippen LogP contribution is -2.37. The van der Waals surface area contributed by atoms with Gasteiger partial charge >= 0.3 is 0 Å². The highest BCUT2D eigenvalue weighted by atomic mass is 32.2. The fraction of sp³-hybridized carbons (Fsp3) is 0.917. The van der Waals surface area contributed by atoms with Crippen LogP contribution in [-0.2, 0) is 4.79 Å². The zero-order chi connectivity index (χ0) is 11.4. The van der Waals surface area contributed by atoms with Crippen LogP contribution in [0.1, 0.15) is 38.5 Å². The zero-order valence-corrected chi connectivity index (χ0v) is 10.8. The maximum absolute atomic E-state index is 11.5. The first-order chi connectivity index (χ1) is 7.79. The molecule has 2 aliphatic carbocycles. The Kier molecular flexibility index (Phi) is 4.53. The molecule has 1 amide bonds. The van der Waals surface area contributed by atoms with Gasteiger partial charge in [0.05, 0.1) is 0 Å². The summed E-state index contributed by atoms with van der Waals surface area (Å²) in [7, 11) is 0. The second kappa shape index (κ2) is 5.92. The van der Waals surface area contributed by atoms with E-state index in [0.29, 0.717) is 18.5 Å². The van der Waals surface area contributed by atoms with Gasteiger partial charge in [-0.15, -0.1) is 0 Å². The number of carbonyl (C=O) groups excluding carboxylic acids is 1. The average Bonchev–Trinajstić information content (AvgIpc) is 2.96. The van der Waals surface area contributed by atoms with E-state index in [1.807, 2.05) is 11.8 Å². The molecule has 0 radical (unpaired) electrons. The van der Waals surface area contributed by atoms with E-state index < -0.39 is 0 Å². The fourth-order valence-electron chi connectivity index (χ4n) is 2.34. The summed E-state index contributed by atoms with van der Waals surface area (Å²) < 4.78 is 0. The summed E-state index contributed by atoms with van der Waals surface area (Å²) in [5, 5.41) is 7.30. The maximum atomic E-state index is 11.5. The second-order valence-corrected chi connectivity index (χ2v) is 5.93. The van der Waals surface area contributed by atoms with Crippen molar-refractivity contribution < 1.29 is 4.79 Å². The SMILES string of the molecule is CSC1CCCC1NCCC(=O)NC1CC1. The number of amides is 1. The van der Waals surface area contributed by atoms with Crippen molar-refractivity contribution in [2.45, 2.75) is 55.9 Å². The fourth-order valence-corrected chi connectivity index (χ4v) is 3.30. The lowest BCUT2D eigenvalue weighted by atomic mass is 10.2. The summed E-state index contributed by atoms with van der Waals surface area (Å²) in [5.41, 5.74) is 0. The summed E-state index contributed by atoms with van der Waals surface area (Å²) in [6, 6.07) is 1.13. The highest BCUT2D eigenvalue weighted by molar-refractivity contribution is 7.99. The average molecular weight is 242 g/mol. The molecular weight excluding hydrogens is 220 g/mol. The van der Waals surface area contributed by atoms with Crippen LogP contribution in [0.2, 0.25) is 0 Å². The smallest absolute Gasteiger partial charge is 0.221 e. The first-order valence-electron chi connectivity index (χ1n) is 6.35. The summed E-state index contributed by atoms with van der Waals surface area (Å²) in [5.74, 6) is 0.216. The minimum Gasteiger partial charge on any atom is -0.353 e. The Morgan fingerprint density at radius 3 is 2.81 bits per heavy atom. The number of hydrogen-bond acceptors (Lipinski definition) is 3. The topological polar surface area (TPSA) is 41.1 Å². The molecule has 0 spiro atoms. The first-order valence-corrected chi connectivity index (χ1v) is 7.64. The molecule has 2 aliphatic rings. The molecule has 92 valence electrons. The van der Waals surface area contributed by atoms with Crippen LogP contribution in [0.5, 0.6) is 0 Å². The van der Waals surface area contributed by atoms with Gasteiger partial charge < -0.3 is 10.6 Å². The molecule has 4 heteroatoms. The molecule has 2 N–H and O–H groups in total. The van der Waals surface area contributed by atoms with Crippen molar-refractivity contribution in [3.63, 3.8) is 0 Å². The Morgan fingerprint density at radius 2 is 2.12 bits per heavy atom. The highest BCUT2D eigenvalue weighted by Crippen LogP contribution is 2.28. The van der Waals surface area contributed by atoms with Gasteiger partial charge in [-0.3, -0.25) is 4.79 Å². The van der Waals surface area contributed by atoms with Crippen molar-refractivity contribution in [1.82, 2.24) is 10.6 Å². The van der Waals surface area contributed by atoms with Crippen LogP contribution < -0.4 is 10.6 Å². The second-order valence-electron chi connectivity index (χ2n) is 4.86. The van der Waals surface area contributed by atoms with E-state index in [1.54, 1.807) is 0 Å². The molecule has 2 saturated carbocycles. The molecule has 2 rings (SSSR count). The van der Waals surface area contributed by atoms with Gasteiger partial charge in [0, 0.05) is 30.3 Å². The van der Waals surface area contributed by atoms with Crippen LogP contribution >= 0.6 is 11.8 Å². The van der Waals surface area contributed by atoms with Crippen molar-refractivity contribution in [3.05, 3.63) is 0 Å². The summed E-state index contributed by atoms with van der Waals surface area (Å²) in [6.07, 6.45) is 9.10. The van der Waals surface area contributed by atoms with Crippen molar-refractivity contribution in [3.8, 4) is 0 Å².